The molecule has 0 rings (SSSR count). The van der Waals surface area contributed by atoms with E-state index in [1.165, 1.54) is 7.11 Å². The first kappa shape index (κ1) is 12.6. The molecule has 0 aliphatic carbocycles. The van der Waals surface area contributed by atoms with E-state index in [1.807, 2.05) is 0 Å². The lowest BCUT2D eigenvalue weighted by Crippen LogP contribution is -2.43. The van der Waals surface area contributed by atoms with Gasteiger partial charge >= 0.3 is 0 Å². The first-order chi connectivity index (χ1) is 5.90. The molecule has 2 N–H and O–H groups in total. The molecule has 0 aliphatic rings. The van der Waals surface area contributed by atoms with E-state index in [0.29, 0.717) is 0 Å². The monoisotopic (exact) mass is 189 g/mol. The molecule has 13 heavy (non-hydrogen) atoms. The predicted molar refractivity (Wildman–Crippen MR) is 52.4 cm³/mol. The molecule has 0 amide bonds. The molecule has 0 aromatic carbocycles. The molecule has 0 spiro atoms. The maximum Gasteiger partial charge on any atom is 0.150 e. The second-order valence-corrected chi connectivity index (χ2v) is 4.30. The molecule has 0 radical (unpaired) electrons. The van der Waals surface area contributed by atoms with Crippen LogP contribution in [0.15, 0.2) is 0 Å². The Morgan fingerprint density at radius 1 is 1.46 bits per heavy atom. The summed E-state index contributed by atoms with van der Waals surface area (Å²) in [5.74, 6) is 0. The number of aldehydes is 1. The molecule has 0 saturated carbocycles. The lowest BCUT2D eigenvalue weighted by atomic mass is 10.1. The SMILES string of the molecule is CO[C@H](C=O)[C@@H](N)CC[N+](C)(C)C. The first-order valence-electron chi connectivity index (χ1n) is 4.45. The number of carbonyl (C=O) groups excluding carboxylic acids is 1. The van der Waals surface area contributed by atoms with E-state index < -0.39 is 6.10 Å². The maximum absolute atomic E-state index is 10.5. The van der Waals surface area contributed by atoms with E-state index in [9.17, 15) is 4.79 Å². The van der Waals surface area contributed by atoms with Crippen molar-refractivity contribution in [2.75, 3.05) is 34.8 Å². The number of hydrogen-bond donors (Lipinski definition) is 1. The zero-order valence-corrected chi connectivity index (χ0v) is 8.99. The summed E-state index contributed by atoms with van der Waals surface area (Å²) in [5.41, 5.74) is 5.78. The summed E-state index contributed by atoms with van der Waals surface area (Å²) in [6.45, 7) is 0.939. The molecule has 0 unspecified atom stereocenters. The lowest BCUT2D eigenvalue weighted by Gasteiger charge is -2.26. The highest BCUT2D eigenvalue weighted by atomic mass is 16.5. The van der Waals surface area contributed by atoms with Gasteiger partial charge in [-0.1, -0.05) is 0 Å². The zero-order chi connectivity index (χ0) is 10.5. The molecule has 4 heteroatoms. The van der Waals surface area contributed by atoms with E-state index in [1.54, 1.807) is 0 Å². The van der Waals surface area contributed by atoms with E-state index >= 15 is 0 Å². The van der Waals surface area contributed by atoms with Crippen LogP contribution >= 0.6 is 0 Å². The molecular weight excluding hydrogens is 168 g/mol. The maximum atomic E-state index is 10.5. The first-order valence-corrected chi connectivity index (χ1v) is 4.45. The van der Waals surface area contributed by atoms with Crippen molar-refractivity contribution in [2.45, 2.75) is 18.6 Å². The summed E-state index contributed by atoms with van der Waals surface area (Å²) in [4.78, 5) is 10.5. The van der Waals surface area contributed by atoms with Crippen LogP contribution in [0.1, 0.15) is 6.42 Å². The van der Waals surface area contributed by atoms with Gasteiger partial charge < -0.3 is 19.7 Å². The lowest BCUT2D eigenvalue weighted by molar-refractivity contribution is -0.870. The van der Waals surface area contributed by atoms with Gasteiger partial charge in [0.05, 0.1) is 27.7 Å². The van der Waals surface area contributed by atoms with E-state index in [2.05, 4.69) is 21.1 Å². The third-order valence-corrected chi connectivity index (χ3v) is 1.96. The molecule has 0 heterocycles. The highest BCUT2D eigenvalue weighted by Gasteiger charge is 2.19. The van der Waals surface area contributed by atoms with Crippen molar-refractivity contribution in [2.24, 2.45) is 5.73 Å². The van der Waals surface area contributed by atoms with Crippen molar-refractivity contribution in [1.82, 2.24) is 0 Å². The Hall–Kier alpha value is -0.450. The van der Waals surface area contributed by atoms with Crippen LogP contribution in [0.5, 0.6) is 0 Å². The number of quaternary nitrogens is 1. The number of hydrogen-bond acceptors (Lipinski definition) is 3. The Kier molecular flexibility index (Phi) is 5.13. The van der Waals surface area contributed by atoms with Gasteiger partial charge in [-0.05, 0) is 0 Å². The van der Waals surface area contributed by atoms with Crippen molar-refractivity contribution in [3.63, 3.8) is 0 Å². The molecule has 0 bridgehead atoms. The van der Waals surface area contributed by atoms with Crippen molar-refractivity contribution in [3.8, 4) is 0 Å². The number of rotatable bonds is 6. The van der Waals surface area contributed by atoms with Gasteiger partial charge in [-0.3, -0.25) is 0 Å². The van der Waals surface area contributed by atoms with Crippen LogP contribution in [0, 0.1) is 0 Å². The van der Waals surface area contributed by atoms with E-state index in [0.717, 1.165) is 23.7 Å². The fraction of sp³-hybridized carbons (Fsp3) is 0.889. The van der Waals surface area contributed by atoms with Crippen molar-refractivity contribution in [3.05, 3.63) is 0 Å². The second kappa shape index (κ2) is 5.32. The Bertz CT molecular complexity index is 154. The van der Waals surface area contributed by atoms with Gasteiger partial charge in [-0.2, -0.15) is 0 Å². The van der Waals surface area contributed by atoms with Gasteiger partial charge in [0.2, 0.25) is 0 Å². The van der Waals surface area contributed by atoms with Crippen molar-refractivity contribution in [1.29, 1.82) is 0 Å². The Balaban J connectivity index is 3.85. The predicted octanol–water partition coefficient (Wildman–Crippen LogP) is -0.376. The average molecular weight is 189 g/mol. The molecular formula is C9H21N2O2+. The van der Waals surface area contributed by atoms with Crippen LogP contribution in [0.2, 0.25) is 0 Å². The number of methoxy groups -OCH3 is 1. The molecule has 0 aromatic heterocycles. The summed E-state index contributed by atoms with van der Waals surface area (Å²) in [6, 6.07) is -0.195. The summed E-state index contributed by atoms with van der Waals surface area (Å²) in [7, 11) is 7.78. The van der Waals surface area contributed by atoms with Gasteiger partial charge in [0.25, 0.3) is 0 Å². The third-order valence-electron chi connectivity index (χ3n) is 1.96. The van der Waals surface area contributed by atoms with Gasteiger partial charge in [-0.15, -0.1) is 0 Å². The number of ether oxygens (including phenoxy) is 1. The van der Waals surface area contributed by atoms with Gasteiger partial charge in [0.15, 0.2) is 0 Å². The number of carbonyl (C=O) groups is 1. The van der Waals surface area contributed by atoms with Crippen molar-refractivity contribution < 1.29 is 14.0 Å². The van der Waals surface area contributed by atoms with E-state index in [4.69, 9.17) is 10.5 Å². The summed E-state index contributed by atoms with van der Waals surface area (Å²) in [5, 5.41) is 0. The Morgan fingerprint density at radius 3 is 2.31 bits per heavy atom. The van der Waals surface area contributed by atoms with Crippen LogP contribution in [-0.2, 0) is 9.53 Å². The van der Waals surface area contributed by atoms with E-state index in [-0.39, 0.29) is 6.04 Å². The second-order valence-electron chi connectivity index (χ2n) is 4.30. The largest absolute Gasteiger partial charge is 0.372 e. The number of nitrogens with zero attached hydrogens (tertiary/aromatic N) is 1. The quantitative estimate of drug-likeness (QED) is 0.458. The summed E-state index contributed by atoms with van der Waals surface area (Å²) < 4.78 is 5.78. The third kappa shape index (κ3) is 5.74. The minimum absolute atomic E-state index is 0.195. The minimum atomic E-state index is -0.466. The molecule has 78 valence electrons. The standard InChI is InChI=1S/C9H21N2O2/c1-11(2,3)6-5-8(10)9(7-12)13-4/h7-9H,5-6,10H2,1-4H3/q+1/t8-,9+/m0/s1. The molecule has 0 saturated heterocycles. The fourth-order valence-corrected chi connectivity index (χ4v) is 1.03. The molecule has 0 aliphatic heterocycles. The van der Waals surface area contributed by atoms with Gasteiger partial charge in [0, 0.05) is 19.6 Å². The summed E-state index contributed by atoms with van der Waals surface area (Å²) >= 11 is 0. The number of nitrogens with two attached hydrogens (primary N) is 1. The van der Waals surface area contributed by atoms with Crippen molar-refractivity contribution >= 4 is 6.29 Å². The van der Waals surface area contributed by atoms with Gasteiger partial charge in [-0.25, -0.2) is 0 Å². The highest BCUT2D eigenvalue weighted by molar-refractivity contribution is 5.57. The average Bonchev–Trinajstić information content (AvgIpc) is 2.02. The zero-order valence-electron chi connectivity index (χ0n) is 8.99. The molecule has 0 fully saturated rings. The normalized spacial score (nSPS) is 16.7. The van der Waals surface area contributed by atoms with Crippen LogP contribution in [0.3, 0.4) is 0 Å². The van der Waals surface area contributed by atoms with Crippen LogP contribution in [0.25, 0.3) is 0 Å². The molecule has 4 nitrogen and oxygen atoms in total. The fourth-order valence-electron chi connectivity index (χ4n) is 1.03. The van der Waals surface area contributed by atoms with Crippen LogP contribution < -0.4 is 5.73 Å². The van der Waals surface area contributed by atoms with Crippen LogP contribution in [-0.4, -0.2) is 57.7 Å². The van der Waals surface area contributed by atoms with Crippen LogP contribution in [0.4, 0.5) is 0 Å². The highest BCUT2D eigenvalue weighted by Crippen LogP contribution is 2.01. The minimum Gasteiger partial charge on any atom is -0.372 e. The smallest absolute Gasteiger partial charge is 0.150 e. The molecule has 2 atom stereocenters. The Morgan fingerprint density at radius 2 is 2.00 bits per heavy atom. The molecule has 0 aromatic rings. The Labute approximate surface area is 80.2 Å². The van der Waals surface area contributed by atoms with Gasteiger partial charge in [0.1, 0.15) is 12.4 Å². The summed E-state index contributed by atoms with van der Waals surface area (Å²) in [6.07, 6.45) is 1.09. The topological polar surface area (TPSA) is 52.3 Å².